The number of carbonyl (C=O) groups excluding carboxylic acids is 2. The molecule has 0 radical (unpaired) electrons. The molecule has 2 fully saturated rings. The van der Waals surface area contributed by atoms with E-state index in [-0.39, 0.29) is 11.6 Å². The first kappa shape index (κ1) is 21.0. The topological polar surface area (TPSA) is 40.6 Å². The summed E-state index contributed by atoms with van der Waals surface area (Å²) in [4.78, 5) is 29.6. The molecule has 0 atom stereocenters. The van der Waals surface area contributed by atoms with Crippen LogP contribution in [0.2, 0.25) is 0 Å². The van der Waals surface area contributed by atoms with Crippen LogP contribution < -0.4 is 0 Å². The maximum atomic E-state index is 12.6. The predicted octanol–water partition coefficient (Wildman–Crippen LogP) is 4.69. The van der Waals surface area contributed by atoms with E-state index in [9.17, 15) is 9.59 Å². The lowest BCUT2D eigenvalue weighted by Crippen LogP contribution is -2.34. The van der Waals surface area contributed by atoms with Crippen molar-refractivity contribution < 1.29 is 9.59 Å². The van der Waals surface area contributed by atoms with Crippen LogP contribution in [-0.4, -0.2) is 60.6 Å². The van der Waals surface area contributed by atoms with Crippen molar-refractivity contribution >= 4 is 11.6 Å². The van der Waals surface area contributed by atoms with E-state index >= 15 is 0 Å². The van der Waals surface area contributed by atoms with Gasteiger partial charge in [0.2, 0.25) is 0 Å². The molecular weight excluding hydrogens is 372 g/mol. The maximum absolute atomic E-state index is 12.6. The highest BCUT2D eigenvalue weighted by Crippen LogP contribution is 2.21. The summed E-state index contributed by atoms with van der Waals surface area (Å²) in [5, 5.41) is 0. The molecule has 0 aliphatic carbocycles. The van der Waals surface area contributed by atoms with Crippen LogP contribution in [0.3, 0.4) is 0 Å². The van der Waals surface area contributed by atoms with Gasteiger partial charge in [-0.25, -0.2) is 0 Å². The summed E-state index contributed by atoms with van der Waals surface area (Å²) in [6, 6.07) is 15.7. The monoisotopic (exact) mass is 404 g/mol. The standard InChI is InChI=1S/C26H32N2O2/c29-25(19-27-15-3-1-4-16-27)23-11-7-21(8-12-23)22-9-13-24(14-10-22)26(30)20-28-17-5-2-6-18-28/h7-14H,1-6,15-20H2. The van der Waals surface area contributed by atoms with Gasteiger partial charge in [0.15, 0.2) is 11.6 Å². The number of nitrogens with zero attached hydrogens (tertiary/aromatic N) is 2. The number of benzene rings is 2. The second-order valence-corrected chi connectivity index (χ2v) is 8.67. The van der Waals surface area contributed by atoms with Gasteiger partial charge in [0, 0.05) is 11.1 Å². The molecule has 0 aromatic heterocycles. The molecule has 0 amide bonds. The van der Waals surface area contributed by atoms with Crippen molar-refractivity contribution in [2.24, 2.45) is 0 Å². The van der Waals surface area contributed by atoms with Gasteiger partial charge >= 0.3 is 0 Å². The van der Waals surface area contributed by atoms with E-state index in [2.05, 4.69) is 9.80 Å². The summed E-state index contributed by atoms with van der Waals surface area (Å²) >= 11 is 0. The quantitative estimate of drug-likeness (QED) is 0.628. The zero-order valence-electron chi connectivity index (χ0n) is 17.8. The number of hydrogen-bond acceptors (Lipinski definition) is 4. The normalized spacial score (nSPS) is 18.3. The molecule has 4 heteroatoms. The summed E-state index contributed by atoms with van der Waals surface area (Å²) in [6.07, 6.45) is 7.35. The first-order valence-corrected chi connectivity index (χ1v) is 11.4. The number of Topliss-reactive ketones (excluding diaryl/α,β-unsaturated/α-hetero) is 2. The van der Waals surface area contributed by atoms with Crippen LogP contribution in [0.4, 0.5) is 0 Å². The van der Waals surface area contributed by atoms with Crippen molar-refractivity contribution in [2.45, 2.75) is 38.5 Å². The molecule has 0 saturated carbocycles. The number of likely N-dealkylation sites (tertiary alicyclic amines) is 2. The zero-order chi connectivity index (χ0) is 20.8. The van der Waals surface area contributed by atoms with Crippen molar-refractivity contribution in [3.63, 3.8) is 0 Å². The Morgan fingerprint density at radius 3 is 1.20 bits per heavy atom. The first-order chi connectivity index (χ1) is 14.7. The molecule has 2 aliphatic heterocycles. The fraction of sp³-hybridized carbons (Fsp3) is 0.462. The van der Waals surface area contributed by atoms with E-state index < -0.39 is 0 Å². The third-order valence-corrected chi connectivity index (χ3v) is 6.38. The molecule has 2 heterocycles. The number of hydrogen-bond donors (Lipinski definition) is 0. The van der Waals surface area contributed by atoms with Crippen molar-refractivity contribution in [1.82, 2.24) is 9.80 Å². The molecule has 0 spiro atoms. The van der Waals surface area contributed by atoms with Crippen LogP contribution in [0.5, 0.6) is 0 Å². The highest BCUT2D eigenvalue weighted by molar-refractivity contribution is 5.99. The fourth-order valence-corrected chi connectivity index (χ4v) is 4.52. The highest BCUT2D eigenvalue weighted by Gasteiger charge is 2.16. The van der Waals surface area contributed by atoms with Crippen LogP contribution >= 0.6 is 0 Å². The van der Waals surface area contributed by atoms with Gasteiger partial charge in [-0.15, -0.1) is 0 Å². The SMILES string of the molecule is O=C(CN1CCCCC1)c1ccc(-c2ccc(C(=O)CN3CCCCC3)cc2)cc1. The van der Waals surface area contributed by atoms with E-state index in [1.54, 1.807) is 0 Å². The van der Waals surface area contributed by atoms with Gasteiger partial charge in [0.05, 0.1) is 13.1 Å². The minimum Gasteiger partial charge on any atom is -0.296 e. The third kappa shape index (κ3) is 5.44. The molecule has 2 aromatic carbocycles. The van der Waals surface area contributed by atoms with Crippen molar-refractivity contribution in [1.29, 1.82) is 0 Å². The van der Waals surface area contributed by atoms with E-state index in [0.717, 1.165) is 48.4 Å². The lowest BCUT2D eigenvalue weighted by atomic mass is 9.99. The number of ketones is 2. The molecular formula is C26H32N2O2. The largest absolute Gasteiger partial charge is 0.296 e. The van der Waals surface area contributed by atoms with Gasteiger partial charge in [-0.3, -0.25) is 19.4 Å². The number of piperidine rings is 2. The zero-order valence-corrected chi connectivity index (χ0v) is 17.8. The lowest BCUT2D eigenvalue weighted by Gasteiger charge is -2.25. The number of carbonyl (C=O) groups is 2. The second kappa shape index (κ2) is 10.1. The van der Waals surface area contributed by atoms with Gasteiger partial charge in [-0.2, -0.15) is 0 Å². The Balaban J connectivity index is 1.35. The first-order valence-electron chi connectivity index (χ1n) is 11.4. The molecule has 2 saturated heterocycles. The van der Waals surface area contributed by atoms with Gasteiger partial charge < -0.3 is 0 Å². The van der Waals surface area contributed by atoms with Gasteiger partial charge in [-0.1, -0.05) is 61.4 Å². The second-order valence-electron chi connectivity index (χ2n) is 8.67. The van der Waals surface area contributed by atoms with Crippen LogP contribution in [0.15, 0.2) is 48.5 Å². The van der Waals surface area contributed by atoms with Gasteiger partial charge in [0.25, 0.3) is 0 Å². The summed E-state index contributed by atoms with van der Waals surface area (Å²) < 4.78 is 0. The Morgan fingerprint density at radius 1 is 0.533 bits per heavy atom. The Hall–Kier alpha value is -2.30. The summed E-state index contributed by atoms with van der Waals surface area (Å²) in [5.41, 5.74) is 3.69. The van der Waals surface area contributed by atoms with Crippen LogP contribution in [0.1, 0.15) is 59.2 Å². The van der Waals surface area contributed by atoms with Crippen molar-refractivity contribution in [2.75, 3.05) is 39.3 Å². The van der Waals surface area contributed by atoms with Gasteiger partial charge in [0.1, 0.15) is 0 Å². The molecule has 0 N–H and O–H groups in total. The van der Waals surface area contributed by atoms with Gasteiger partial charge in [-0.05, 0) is 63.0 Å². The minimum atomic E-state index is 0.196. The minimum absolute atomic E-state index is 0.196. The Morgan fingerprint density at radius 2 is 0.867 bits per heavy atom. The summed E-state index contributed by atoms with van der Waals surface area (Å²) in [7, 11) is 0. The Kier molecular flexibility index (Phi) is 7.08. The molecule has 2 aliphatic rings. The molecule has 158 valence electrons. The average Bonchev–Trinajstić information content (AvgIpc) is 2.80. The predicted molar refractivity (Wildman–Crippen MR) is 121 cm³/mol. The smallest absolute Gasteiger partial charge is 0.176 e. The molecule has 4 nitrogen and oxygen atoms in total. The summed E-state index contributed by atoms with van der Waals surface area (Å²) in [6.45, 7) is 5.18. The average molecular weight is 405 g/mol. The Bertz CT molecular complexity index is 772. The molecule has 0 bridgehead atoms. The lowest BCUT2D eigenvalue weighted by molar-refractivity contribution is 0.0908. The van der Waals surface area contributed by atoms with Crippen LogP contribution in [0, 0.1) is 0 Å². The molecule has 30 heavy (non-hydrogen) atoms. The van der Waals surface area contributed by atoms with E-state index in [1.165, 1.54) is 38.5 Å². The molecule has 4 rings (SSSR count). The third-order valence-electron chi connectivity index (χ3n) is 6.38. The van der Waals surface area contributed by atoms with E-state index in [0.29, 0.717) is 13.1 Å². The number of rotatable bonds is 7. The molecule has 2 aromatic rings. The van der Waals surface area contributed by atoms with Crippen molar-refractivity contribution in [3.8, 4) is 11.1 Å². The highest BCUT2D eigenvalue weighted by atomic mass is 16.1. The van der Waals surface area contributed by atoms with Crippen molar-refractivity contribution in [3.05, 3.63) is 59.7 Å². The van der Waals surface area contributed by atoms with E-state index in [1.807, 2.05) is 48.5 Å². The Labute approximate surface area is 179 Å². The maximum Gasteiger partial charge on any atom is 0.176 e. The van der Waals surface area contributed by atoms with Crippen LogP contribution in [-0.2, 0) is 0 Å². The van der Waals surface area contributed by atoms with E-state index in [4.69, 9.17) is 0 Å². The fourth-order valence-electron chi connectivity index (χ4n) is 4.52. The molecule has 0 unspecified atom stereocenters. The summed E-state index contributed by atoms with van der Waals surface area (Å²) in [5.74, 6) is 0.393. The van der Waals surface area contributed by atoms with Crippen LogP contribution in [0.25, 0.3) is 11.1 Å².